The van der Waals surface area contributed by atoms with Gasteiger partial charge in [-0.05, 0) is 65.6 Å². The van der Waals surface area contributed by atoms with Gasteiger partial charge in [0.2, 0.25) is 0 Å². The first-order valence-corrected chi connectivity index (χ1v) is 11.3. The Bertz CT molecular complexity index is 1160. The first-order valence-electron chi connectivity index (χ1n) is 11.3. The molecule has 0 saturated heterocycles. The van der Waals surface area contributed by atoms with Crippen molar-refractivity contribution in [1.82, 2.24) is 4.98 Å². The van der Waals surface area contributed by atoms with Gasteiger partial charge >= 0.3 is 5.97 Å². The third kappa shape index (κ3) is 5.71. The molecule has 6 heteroatoms. The number of ether oxygens (including phenoxy) is 1. The van der Waals surface area contributed by atoms with E-state index in [1.165, 1.54) is 12.3 Å². The summed E-state index contributed by atoms with van der Waals surface area (Å²) in [4.78, 5) is 28.9. The topological polar surface area (TPSA) is 82.3 Å². The molecule has 2 aromatic carbocycles. The van der Waals surface area contributed by atoms with E-state index in [-0.39, 0.29) is 30.7 Å². The smallest absolute Gasteiger partial charge is 0.310 e. The molecule has 0 atom stereocenters. The van der Waals surface area contributed by atoms with E-state index in [4.69, 9.17) is 10.5 Å². The molecule has 1 aromatic heterocycles. The van der Waals surface area contributed by atoms with Crippen LogP contribution in [0.5, 0.6) is 0 Å². The van der Waals surface area contributed by atoms with Crippen molar-refractivity contribution in [2.75, 3.05) is 0 Å². The van der Waals surface area contributed by atoms with Crippen LogP contribution in [0.15, 0.2) is 60.9 Å². The molecule has 0 spiro atoms. The fourth-order valence-corrected chi connectivity index (χ4v) is 4.27. The number of aromatic nitrogens is 1. The van der Waals surface area contributed by atoms with E-state index in [9.17, 15) is 14.0 Å². The standard InChI is InChI=1S/C27H27FN2O3/c28-25-17-30-11-10-20(25)15-26(31)21-8-9-22(16-29)24(14-21)19-5-3-4-18(12-19)13-27(32)33-23-6-1-2-7-23/h3-5,8-12,14,17,23H,1-2,6-7,13,15-16,29H2. The highest BCUT2D eigenvalue weighted by Gasteiger charge is 2.19. The number of esters is 1. The maximum atomic E-state index is 13.9. The molecule has 170 valence electrons. The van der Waals surface area contributed by atoms with Crippen LogP contribution >= 0.6 is 0 Å². The lowest BCUT2D eigenvalue weighted by Crippen LogP contribution is -2.16. The van der Waals surface area contributed by atoms with Crippen LogP contribution in [-0.2, 0) is 28.9 Å². The number of ketones is 1. The van der Waals surface area contributed by atoms with E-state index in [1.807, 2.05) is 30.3 Å². The average Bonchev–Trinajstić information content (AvgIpc) is 3.33. The highest BCUT2D eigenvalue weighted by Crippen LogP contribution is 2.27. The third-order valence-electron chi connectivity index (χ3n) is 6.05. The molecule has 0 aliphatic heterocycles. The largest absolute Gasteiger partial charge is 0.462 e. The zero-order valence-electron chi connectivity index (χ0n) is 18.4. The molecule has 0 unspecified atom stereocenters. The van der Waals surface area contributed by atoms with Gasteiger partial charge < -0.3 is 10.5 Å². The van der Waals surface area contributed by atoms with Crippen molar-refractivity contribution < 1.29 is 18.7 Å². The molecule has 1 saturated carbocycles. The van der Waals surface area contributed by atoms with Crippen molar-refractivity contribution >= 4 is 11.8 Å². The summed E-state index contributed by atoms with van der Waals surface area (Å²) in [5, 5.41) is 0. The van der Waals surface area contributed by atoms with Gasteiger partial charge in [0.25, 0.3) is 0 Å². The molecule has 1 aliphatic rings. The number of hydrogen-bond acceptors (Lipinski definition) is 5. The molecular weight excluding hydrogens is 419 g/mol. The number of nitrogens with zero attached hydrogens (tertiary/aromatic N) is 1. The number of halogens is 1. The van der Waals surface area contributed by atoms with Crippen molar-refractivity contribution in [2.24, 2.45) is 5.73 Å². The number of hydrogen-bond donors (Lipinski definition) is 1. The predicted molar refractivity (Wildman–Crippen MR) is 124 cm³/mol. The van der Waals surface area contributed by atoms with Crippen molar-refractivity contribution in [3.05, 3.63) is 89.0 Å². The Balaban J connectivity index is 1.55. The van der Waals surface area contributed by atoms with Gasteiger partial charge in [0.05, 0.1) is 12.6 Å². The molecule has 0 radical (unpaired) electrons. The molecule has 0 amide bonds. The second kappa shape index (κ2) is 10.5. The Morgan fingerprint density at radius 3 is 2.61 bits per heavy atom. The molecule has 1 aliphatic carbocycles. The fourth-order valence-electron chi connectivity index (χ4n) is 4.27. The van der Waals surface area contributed by atoms with Crippen LogP contribution in [0.2, 0.25) is 0 Å². The van der Waals surface area contributed by atoms with Crippen LogP contribution in [0, 0.1) is 5.82 Å². The Kier molecular flexibility index (Phi) is 7.25. The summed E-state index contributed by atoms with van der Waals surface area (Å²) in [7, 11) is 0. The van der Waals surface area contributed by atoms with Gasteiger partial charge in [0.1, 0.15) is 11.9 Å². The lowest BCUT2D eigenvalue weighted by atomic mass is 9.93. The van der Waals surface area contributed by atoms with Crippen molar-refractivity contribution in [1.29, 1.82) is 0 Å². The van der Waals surface area contributed by atoms with E-state index >= 15 is 0 Å². The number of carbonyl (C=O) groups is 2. The van der Waals surface area contributed by atoms with E-state index < -0.39 is 5.82 Å². The van der Waals surface area contributed by atoms with Gasteiger partial charge in [-0.1, -0.05) is 36.4 Å². The molecule has 33 heavy (non-hydrogen) atoms. The first kappa shape index (κ1) is 22.8. The molecule has 0 bridgehead atoms. The van der Waals surface area contributed by atoms with Crippen molar-refractivity contribution in [3.8, 4) is 11.1 Å². The molecule has 2 N–H and O–H groups in total. The minimum absolute atomic E-state index is 0.0393. The first-order chi connectivity index (χ1) is 16.0. The summed E-state index contributed by atoms with van der Waals surface area (Å²) in [6.45, 7) is 0.302. The summed E-state index contributed by atoms with van der Waals surface area (Å²) in [6, 6.07) is 14.5. The highest BCUT2D eigenvalue weighted by atomic mass is 19.1. The zero-order valence-corrected chi connectivity index (χ0v) is 18.4. The number of rotatable bonds is 8. The van der Waals surface area contributed by atoms with Gasteiger partial charge in [-0.3, -0.25) is 14.6 Å². The molecule has 5 nitrogen and oxygen atoms in total. The van der Waals surface area contributed by atoms with Gasteiger partial charge in [-0.15, -0.1) is 0 Å². The Hall–Kier alpha value is -3.38. The third-order valence-corrected chi connectivity index (χ3v) is 6.05. The highest BCUT2D eigenvalue weighted by molar-refractivity contribution is 5.98. The van der Waals surface area contributed by atoms with Crippen molar-refractivity contribution in [2.45, 2.75) is 51.2 Å². The van der Waals surface area contributed by atoms with Crippen LogP contribution in [0.3, 0.4) is 0 Å². The Morgan fingerprint density at radius 2 is 1.85 bits per heavy atom. The van der Waals surface area contributed by atoms with Gasteiger partial charge in [-0.2, -0.15) is 0 Å². The second-order valence-electron chi connectivity index (χ2n) is 8.42. The summed E-state index contributed by atoms with van der Waals surface area (Å²) < 4.78 is 19.5. The van der Waals surface area contributed by atoms with Crippen LogP contribution in [0.25, 0.3) is 11.1 Å². The fraction of sp³-hybridized carbons (Fsp3) is 0.296. The summed E-state index contributed by atoms with van der Waals surface area (Å²) in [5.74, 6) is -0.913. The maximum absolute atomic E-state index is 13.9. The lowest BCUT2D eigenvalue weighted by Gasteiger charge is -2.13. The Morgan fingerprint density at radius 1 is 1.03 bits per heavy atom. The van der Waals surface area contributed by atoms with E-state index in [1.54, 1.807) is 12.1 Å². The SMILES string of the molecule is NCc1ccc(C(=O)Cc2ccncc2F)cc1-c1cccc(CC(=O)OC2CCCC2)c1. The summed E-state index contributed by atoms with van der Waals surface area (Å²) in [5.41, 5.74) is 10.2. The van der Waals surface area contributed by atoms with Crippen LogP contribution in [0.4, 0.5) is 4.39 Å². The van der Waals surface area contributed by atoms with Crippen LogP contribution < -0.4 is 5.73 Å². The normalized spacial score (nSPS) is 13.8. The minimum atomic E-state index is -0.498. The molecular formula is C27H27FN2O3. The zero-order chi connectivity index (χ0) is 23.2. The van der Waals surface area contributed by atoms with E-state index in [2.05, 4.69) is 4.98 Å². The molecule has 1 heterocycles. The number of nitrogens with two attached hydrogens (primary N) is 1. The monoisotopic (exact) mass is 446 g/mol. The number of pyridine rings is 1. The van der Waals surface area contributed by atoms with Gasteiger partial charge in [-0.25, -0.2) is 4.39 Å². The summed E-state index contributed by atoms with van der Waals surface area (Å²) in [6.07, 6.45) is 6.86. The van der Waals surface area contributed by atoms with Crippen LogP contribution in [-0.4, -0.2) is 22.8 Å². The minimum Gasteiger partial charge on any atom is -0.462 e. The van der Waals surface area contributed by atoms with Gasteiger partial charge in [0.15, 0.2) is 5.78 Å². The second-order valence-corrected chi connectivity index (χ2v) is 8.42. The number of benzene rings is 2. The lowest BCUT2D eigenvalue weighted by molar-refractivity contribution is -0.147. The molecule has 4 rings (SSSR count). The predicted octanol–water partition coefficient (Wildman–Crippen LogP) is 4.80. The Labute approximate surface area is 192 Å². The molecule has 1 fully saturated rings. The number of Topliss-reactive ketones (excluding diaryl/α,β-unsaturated/α-hetero) is 1. The van der Waals surface area contributed by atoms with Crippen molar-refractivity contribution in [3.63, 3.8) is 0 Å². The van der Waals surface area contributed by atoms with Gasteiger partial charge in [0, 0.05) is 24.7 Å². The average molecular weight is 447 g/mol. The summed E-state index contributed by atoms with van der Waals surface area (Å²) >= 11 is 0. The quantitative estimate of drug-likeness (QED) is 0.397. The number of carbonyl (C=O) groups excluding carboxylic acids is 2. The maximum Gasteiger partial charge on any atom is 0.310 e. The molecule has 3 aromatic rings. The van der Waals surface area contributed by atoms with E-state index in [0.717, 1.165) is 54.1 Å². The van der Waals surface area contributed by atoms with Crippen LogP contribution in [0.1, 0.15) is 52.7 Å². The van der Waals surface area contributed by atoms with E-state index in [0.29, 0.717) is 17.7 Å².